The number of fused-ring (bicyclic) bond motifs is 2. The van der Waals surface area contributed by atoms with Crippen molar-refractivity contribution in [3.8, 4) is 5.75 Å². The van der Waals surface area contributed by atoms with Crippen LogP contribution in [-0.4, -0.2) is 35.6 Å². The molecule has 1 aliphatic heterocycles. The van der Waals surface area contributed by atoms with Gasteiger partial charge in [0, 0.05) is 5.69 Å². The number of methoxy groups -OCH3 is 1. The van der Waals surface area contributed by atoms with E-state index < -0.39 is 0 Å². The molecule has 0 radical (unpaired) electrons. The minimum absolute atomic E-state index is 0.0710. The average Bonchev–Trinajstić information content (AvgIpc) is 3.36. The fourth-order valence-electron chi connectivity index (χ4n) is 4.51. The van der Waals surface area contributed by atoms with E-state index in [9.17, 15) is 14.4 Å². The highest BCUT2D eigenvalue weighted by Gasteiger charge is 2.48. The van der Waals surface area contributed by atoms with Crippen molar-refractivity contribution in [2.45, 2.75) is 30.0 Å². The second-order valence-electron chi connectivity index (χ2n) is 8.21. The van der Waals surface area contributed by atoms with Gasteiger partial charge in [0.15, 0.2) is 4.34 Å². The fourth-order valence-corrected chi connectivity index (χ4v) is 6.41. The molecular weight excluding hydrogens is 458 g/mol. The molecule has 2 atom stereocenters. The number of carbonyl (C=O) groups excluding carboxylic acids is 3. The van der Waals surface area contributed by atoms with Crippen LogP contribution >= 0.6 is 23.1 Å². The molecule has 170 valence electrons. The van der Waals surface area contributed by atoms with Crippen LogP contribution in [0, 0.1) is 11.8 Å². The van der Waals surface area contributed by atoms with Gasteiger partial charge >= 0.3 is 0 Å². The first-order chi connectivity index (χ1) is 16.0. The number of nitrogens with one attached hydrogen (secondary N) is 1. The van der Waals surface area contributed by atoms with Gasteiger partial charge in [0.05, 0.1) is 40.6 Å². The number of anilines is 2. The number of hydrogen-bond acceptors (Lipinski definition) is 7. The lowest BCUT2D eigenvalue weighted by molar-refractivity contribution is -0.122. The van der Waals surface area contributed by atoms with Crippen LogP contribution in [0.25, 0.3) is 10.2 Å². The predicted octanol–water partition coefficient (Wildman–Crippen LogP) is 4.72. The Kier molecular flexibility index (Phi) is 6.07. The fraction of sp³-hybridized carbons (Fsp3) is 0.333. The van der Waals surface area contributed by atoms with E-state index in [1.54, 1.807) is 37.4 Å². The maximum atomic E-state index is 12.9. The summed E-state index contributed by atoms with van der Waals surface area (Å²) in [7, 11) is 1.60. The molecule has 1 N–H and O–H groups in total. The van der Waals surface area contributed by atoms with Gasteiger partial charge in [-0.25, -0.2) is 4.98 Å². The van der Waals surface area contributed by atoms with Crippen LogP contribution in [-0.2, 0) is 14.4 Å². The van der Waals surface area contributed by atoms with E-state index in [0.29, 0.717) is 11.4 Å². The smallest absolute Gasteiger partial charge is 0.237 e. The molecular formula is C24H23N3O4S2. The number of aromatic nitrogens is 1. The van der Waals surface area contributed by atoms with Crippen LogP contribution in [0.2, 0.25) is 0 Å². The Morgan fingerprint density at radius 3 is 2.48 bits per heavy atom. The number of rotatable bonds is 6. The molecule has 1 aromatic heterocycles. The third-order valence-electron chi connectivity index (χ3n) is 6.15. The van der Waals surface area contributed by atoms with Gasteiger partial charge < -0.3 is 10.1 Å². The minimum Gasteiger partial charge on any atom is -0.497 e. The third-order valence-corrected chi connectivity index (χ3v) is 8.31. The maximum Gasteiger partial charge on any atom is 0.237 e. The first kappa shape index (κ1) is 21.9. The zero-order valence-electron chi connectivity index (χ0n) is 18.1. The highest BCUT2D eigenvalue weighted by molar-refractivity contribution is 8.01. The zero-order valence-corrected chi connectivity index (χ0v) is 19.7. The lowest BCUT2D eigenvalue weighted by atomic mass is 9.81. The van der Waals surface area contributed by atoms with Crippen molar-refractivity contribution in [1.29, 1.82) is 0 Å². The highest BCUT2D eigenvalue weighted by Crippen LogP contribution is 2.41. The summed E-state index contributed by atoms with van der Waals surface area (Å²) in [6, 6.07) is 12.7. The molecule has 7 nitrogen and oxygen atoms in total. The summed E-state index contributed by atoms with van der Waals surface area (Å²) < 4.78 is 6.78. The van der Waals surface area contributed by atoms with Crippen molar-refractivity contribution in [3.63, 3.8) is 0 Å². The van der Waals surface area contributed by atoms with Crippen molar-refractivity contribution >= 4 is 62.4 Å². The normalized spacial score (nSPS) is 20.2. The van der Waals surface area contributed by atoms with Gasteiger partial charge in [-0.3, -0.25) is 19.3 Å². The monoisotopic (exact) mass is 481 g/mol. The molecule has 2 heterocycles. The molecule has 9 heteroatoms. The summed E-state index contributed by atoms with van der Waals surface area (Å²) in [6.45, 7) is 0. The number of amides is 3. The summed E-state index contributed by atoms with van der Waals surface area (Å²) in [5.74, 6) is 0.355. The van der Waals surface area contributed by atoms with E-state index in [1.807, 2.05) is 12.1 Å². The number of ether oxygens (including phenoxy) is 1. The second-order valence-corrected chi connectivity index (χ2v) is 10.5. The number of nitrogens with zero attached hydrogens (tertiary/aromatic N) is 2. The van der Waals surface area contributed by atoms with Crippen LogP contribution in [0.5, 0.6) is 5.75 Å². The molecule has 5 rings (SSSR count). The molecule has 1 saturated heterocycles. The molecule has 33 heavy (non-hydrogen) atoms. The van der Waals surface area contributed by atoms with Crippen LogP contribution in [0.4, 0.5) is 11.4 Å². The van der Waals surface area contributed by atoms with E-state index in [-0.39, 0.29) is 35.3 Å². The van der Waals surface area contributed by atoms with Crippen LogP contribution in [0.1, 0.15) is 25.7 Å². The summed E-state index contributed by atoms with van der Waals surface area (Å²) in [4.78, 5) is 44.1. The standard InChI is InChI=1S/C24H23N3O4S2/c1-31-16-9-6-14(7-10-16)25-21(28)13-32-24-26-19-11-8-15(12-20(19)33-24)27-22(29)17-4-2-3-5-18(17)23(27)30/h6-12,17-18H,2-5,13H2,1H3,(H,25,28)/t17-,18+. The van der Waals surface area contributed by atoms with Gasteiger partial charge in [-0.15, -0.1) is 11.3 Å². The number of carbonyl (C=O) groups is 3. The Labute approximate surface area is 199 Å². The average molecular weight is 482 g/mol. The molecule has 0 unspecified atom stereocenters. The number of thiazole rings is 1. The summed E-state index contributed by atoms with van der Waals surface area (Å²) in [6.07, 6.45) is 3.62. The Bertz CT molecular complexity index is 1200. The van der Waals surface area contributed by atoms with Crippen LogP contribution in [0.3, 0.4) is 0 Å². The van der Waals surface area contributed by atoms with Crippen LogP contribution in [0.15, 0.2) is 46.8 Å². The zero-order chi connectivity index (χ0) is 22.9. The molecule has 2 fully saturated rings. The van der Waals surface area contributed by atoms with Crippen molar-refractivity contribution in [2.24, 2.45) is 11.8 Å². The summed E-state index contributed by atoms with van der Waals surface area (Å²) in [5.41, 5.74) is 2.11. The number of benzene rings is 2. The lowest BCUT2D eigenvalue weighted by Crippen LogP contribution is -2.30. The molecule has 3 amide bonds. The third kappa shape index (κ3) is 4.35. The second kappa shape index (κ2) is 9.15. The molecule has 0 spiro atoms. The van der Waals surface area contributed by atoms with Gasteiger partial charge in [0.2, 0.25) is 17.7 Å². The van der Waals surface area contributed by atoms with E-state index in [1.165, 1.54) is 28.0 Å². The predicted molar refractivity (Wildman–Crippen MR) is 130 cm³/mol. The van der Waals surface area contributed by atoms with Crippen molar-refractivity contribution in [2.75, 3.05) is 23.1 Å². The lowest BCUT2D eigenvalue weighted by Gasteiger charge is -2.19. The quantitative estimate of drug-likeness (QED) is 0.405. The first-order valence-corrected chi connectivity index (χ1v) is 12.7. The topological polar surface area (TPSA) is 88.6 Å². The van der Waals surface area contributed by atoms with E-state index >= 15 is 0 Å². The molecule has 3 aromatic rings. The highest BCUT2D eigenvalue weighted by atomic mass is 32.2. The van der Waals surface area contributed by atoms with Gasteiger partial charge in [0.1, 0.15) is 5.75 Å². The SMILES string of the molecule is COc1ccc(NC(=O)CSc2nc3ccc(N4C(=O)[C@H]5CCCC[C@H]5C4=O)cc3s2)cc1. The Morgan fingerprint density at radius 2 is 1.82 bits per heavy atom. The van der Waals surface area contributed by atoms with Gasteiger partial charge in [-0.05, 0) is 55.3 Å². The Hall–Kier alpha value is -2.91. The van der Waals surface area contributed by atoms with Crippen LogP contribution < -0.4 is 15.0 Å². The van der Waals surface area contributed by atoms with Gasteiger partial charge in [0.25, 0.3) is 0 Å². The first-order valence-electron chi connectivity index (χ1n) is 10.9. The Morgan fingerprint density at radius 1 is 1.12 bits per heavy atom. The largest absolute Gasteiger partial charge is 0.497 e. The molecule has 1 saturated carbocycles. The molecule has 2 aliphatic rings. The molecule has 0 bridgehead atoms. The van der Waals surface area contributed by atoms with E-state index in [4.69, 9.17) is 4.74 Å². The van der Waals surface area contributed by atoms with E-state index in [0.717, 1.165) is 46.0 Å². The summed E-state index contributed by atoms with van der Waals surface area (Å²) in [5, 5.41) is 2.86. The summed E-state index contributed by atoms with van der Waals surface area (Å²) >= 11 is 2.82. The van der Waals surface area contributed by atoms with Gasteiger partial charge in [-0.1, -0.05) is 24.6 Å². The molecule has 2 aromatic carbocycles. The van der Waals surface area contributed by atoms with Crippen molar-refractivity contribution < 1.29 is 19.1 Å². The number of thioether (sulfide) groups is 1. The molecule has 1 aliphatic carbocycles. The maximum absolute atomic E-state index is 12.9. The van der Waals surface area contributed by atoms with Crippen molar-refractivity contribution in [3.05, 3.63) is 42.5 Å². The van der Waals surface area contributed by atoms with E-state index in [2.05, 4.69) is 10.3 Å². The number of hydrogen-bond donors (Lipinski definition) is 1. The van der Waals surface area contributed by atoms with Crippen molar-refractivity contribution in [1.82, 2.24) is 4.98 Å². The minimum atomic E-state index is -0.168. The van der Waals surface area contributed by atoms with Gasteiger partial charge in [-0.2, -0.15) is 0 Å². The number of imide groups is 1. The Balaban J connectivity index is 1.26.